The quantitative estimate of drug-likeness (QED) is 0.826. The summed E-state index contributed by atoms with van der Waals surface area (Å²) in [5, 5.41) is 7.56. The molecule has 2 rings (SSSR count). The third-order valence-corrected chi connectivity index (χ3v) is 2.83. The summed E-state index contributed by atoms with van der Waals surface area (Å²) in [6.07, 6.45) is 2.21. The summed E-state index contributed by atoms with van der Waals surface area (Å²) in [6, 6.07) is 0.406. The molecule has 0 aromatic carbocycles. The van der Waals surface area contributed by atoms with Crippen LogP contribution in [-0.2, 0) is 4.79 Å². The van der Waals surface area contributed by atoms with Crippen molar-refractivity contribution < 1.29 is 4.79 Å². The molecular formula is C8H10ClN3OS. The van der Waals surface area contributed by atoms with Crippen LogP contribution in [-0.4, -0.2) is 23.5 Å². The van der Waals surface area contributed by atoms with Crippen molar-refractivity contribution in [3.63, 3.8) is 0 Å². The van der Waals surface area contributed by atoms with Gasteiger partial charge in [0.15, 0.2) is 4.47 Å². The average Bonchev–Trinajstić information content (AvgIpc) is 2.85. The van der Waals surface area contributed by atoms with Gasteiger partial charge in [-0.3, -0.25) is 4.79 Å². The van der Waals surface area contributed by atoms with Gasteiger partial charge in [-0.25, -0.2) is 4.98 Å². The molecule has 6 heteroatoms. The topological polar surface area (TPSA) is 54.0 Å². The van der Waals surface area contributed by atoms with Gasteiger partial charge in [-0.2, -0.15) is 0 Å². The molecule has 76 valence electrons. The van der Waals surface area contributed by atoms with Gasteiger partial charge in [-0.15, -0.1) is 11.3 Å². The molecule has 0 atom stereocenters. The molecule has 0 spiro atoms. The maximum absolute atomic E-state index is 11.2. The minimum atomic E-state index is 0.0108. The smallest absolute Gasteiger partial charge is 0.239 e. The highest BCUT2D eigenvalue weighted by molar-refractivity contribution is 7.14. The number of amides is 1. The number of carbonyl (C=O) groups is 1. The molecule has 0 unspecified atom stereocenters. The van der Waals surface area contributed by atoms with Crippen molar-refractivity contribution in [1.82, 2.24) is 10.3 Å². The minimum absolute atomic E-state index is 0.0108. The van der Waals surface area contributed by atoms with Crippen molar-refractivity contribution >= 4 is 34.7 Å². The van der Waals surface area contributed by atoms with Crippen LogP contribution in [0.5, 0.6) is 0 Å². The van der Waals surface area contributed by atoms with Crippen molar-refractivity contribution in [2.24, 2.45) is 0 Å². The van der Waals surface area contributed by atoms with E-state index in [1.807, 2.05) is 0 Å². The fourth-order valence-corrected chi connectivity index (χ4v) is 1.73. The van der Waals surface area contributed by atoms with Crippen LogP contribution in [0.2, 0.25) is 4.47 Å². The van der Waals surface area contributed by atoms with E-state index in [0.717, 1.165) is 12.8 Å². The molecule has 2 N–H and O–H groups in total. The predicted molar refractivity (Wildman–Crippen MR) is 56.8 cm³/mol. The van der Waals surface area contributed by atoms with E-state index in [2.05, 4.69) is 15.6 Å². The van der Waals surface area contributed by atoms with E-state index < -0.39 is 0 Å². The second-order valence-corrected chi connectivity index (χ2v) is 4.62. The van der Waals surface area contributed by atoms with Gasteiger partial charge in [0.05, 0.1) is 6.54 Å². The maximum atomic E-state index is 11.2. The Morgan fingerprint density at radius 2 is 2.50 bits per heavy atom. The fourth-order valence-electron chi connectivity index (χ4n) is 1.01. The number of hydrogen-bond donors (Lipinski definition) is 2. The van der Waals surface area contributed by atoms with Gasteiger partial charge < -0.3 is 10.6 Å². The number of halogens is 1. The summed E-state index contributed by atoms with van der Waals surface area (Å²) < 4.78 is 0.482. The van der Waals surface area contributed by atoms with E-state index in [0.29, 0.717) is 16.3 Å². The Hall–Kier alpha value is -0.810. The third kappa shape index (κ3) is 2.85. The molecule has 1 fully saturated rings. The Morgan fingerprint density at radius 3 is 3.07 bits per heavy atom. The molecule has 1 aromatic heterocycles. The standard InChI is InChI=1S/C8H10ClN3OS/c9-8-12-6(4-14-8)10-3-7(13)11-5-1-2-5/h4-5,10H,1-3H2,(H,11,13). The fraction of sp³-hybridized carbons (Fsp3) is 0.500. The van der Waals surface area contributed by atoms with E-state index in [9.17, 15) is 4.79 Å². The van der Waals surface area contributed by atoms with E-state index in [1.54, 1.807) is 5.38 Å². The first-order valence-electron chi connectivity index (χ1n) is 4.38. The second-order valence-electron chi connectivity index (χ2n) is 3.18. The number of anilines is 1. The highest BCUT2D eigenvalue weighted by atomic mass is 35.5. The van der Waals surface area contributed by atoms with Gasteiger partial charge in [-0.05, 0) is 12.8 Å². The first kappa shape index (κ1) is 9.73. The monoisotopic (exact) mass is 231 g/mol. The number of nitrogens with zero attached hydrogens (tertiary/aromatic N) is 1. The molecular weight excluding hydrogens is 222 g/mol. The maximum Gasteiger partial charge on any atom is 0.239 e. The van der Waals surface area contributed by atoms with Crippen LogP contribution in [0.4, 0.5) is 5.82 Å². The van der Waals surface area contributed by atoms with Gasteiger partial charge in [0, 0.05) is 11.4 Å². The van der Waals surface area contributed by atoms with Gasteiger partial charge in [-0.1, -0.05) is 11.6 Å². The Balaban J connectivity index is 1.73. The lowest BCUT2D eigenvalue weighted by atomic mass is 10.5. The Bertz CT molecular complexity index is 337. The summed E-state index contributed by atoms with van der Waals surface area (Å²) in [5.74, 6) is 0.669. The van der Waals surface area contributed by atoms with Crippen LogP contribution in [0.15, 0.2) is 5.38 Å². The highest BCUT2D eigenvalue weighted by Crippen LogP contribution is 2.19. The first-order valence-corrected chi connectivity index (χ1v) is 5.64. The van der Waals surface area contributed by atoms with Gasteiger partial charge in [0.1, 0.15) is 5.82 Å². The Labute approximate surface area is 90.7 Å². The zero-order chi connectivity index (χ0) is 9.97. The second kappa shape index (κ2) is 4.14. The van der Waals surface area contributed by atoms with Crippen molar-refractivity contribution in [1.29, 1.82) is 0 Å². The van der Waals surface area contributed by atoms with E-state index in [1.165, 1.54) is 11.3 Å². The first-order chi connectivity index (χ1) is 6.74. The number of rotatable bonds is 4. The lowest BCUT2D eigenvalue weighted by molar-refractivity contribution is -0.119. The molecule has 1 aliphatic rings. The Morgan fingerprint density at radius 1 is 1.71 bits per heavy atom. The van der Waals surface area contributed by atoms with Crippen LogP contribution in [0.1, 0.15) is 12.8 Å². The van der Waals surface area contributed by atoms with Crippen LogP contribution in [0.25, 0.3) is 0 Å². The van der Waals surface area contributed by atoms with Crippen molar-refractivity contribution in [3.8, 4) is 0 Å². The summed E-state index contributed by atoms with van der Waals surface area (Å²) in [4.78, 5) is 15.2. The molecule has 0 aliphatic heterocycles. The zero-order valence-corrected chi connectivity index (χ0v) is 8.99. The normalized spacial score (nSPS) is 15.2. The average molecular weight is 232 g/mol. The molecule has 1 aromatic rings. The molecule has 1 heterocycles. The summed E-state index contributed by atoms with van der Waals surface area (Å²) in [5.41, 5.74) is 0. The van der Waals surface area contributed by atoms with Crippen molar-refractivity contribution in [2.75, 3.05) is 11.9 Å². The summed E-state index contributed by atoms with van der Waals surface area (Å²) in [7, 11) is 0. The van der Waals surface area contributed by atoms with E-state index in [4.69, 9.17) is 11.6 Å². The lowest BCUT2D eigenvalue weighted by Gasteiger charge is -2.03. The van der Waals surface area contributed by atoms with Crippen LogP contribution >= 0.6 is 22.9 Å². The molecule has 1 saturated carbocycles. The number of thiazole rings is 1. The third-order valence-electron chi connectivity index (χ3n) is 1.85. The zero-order valence-electron chi connectivity index (χ0n) is 7.42. The number of hydrogen-bond acceptors (Lipinski definition) is 4. The van der Waals surface area contributed by atoms with Crippen LogP contribution in [0, 0.1) is 0 Å². The minimum Gasteiger partial charge on any atom is -0.360 e. The lowest BCUT2D eigenvalue weighted by Crippen LogP contribution is -2.31. The number of nitrogens with one attached hydrogen (secondary N) is 2. The van der Waals surface area contributed by atoms with Crippen molar-refractivity contribution in [3.05, 3.63) is 9.85 Å². The molecule has 4 nitrogen and oxygen atoms in total. The van der Waals surface area contributed by atoms with Crippen LogP contribution < -0.4 is 10.6 Å². The molecule has 1 amide bonds. The summed E-state index contributed by atoms with van der Waals surface area (Å²) in [6.45, 7) is 0.260. The molecule has 0 radical (unpaired) electrons. The number of carbonyl (C=O) groups excluding carboxylic acids is 1. The Kier molecular flexibility index (Phi) is 2.88. The molecule has 0 saturated heterocycles. The molecule has 0 bridgehead atoms. The summed E-state index contributed by atoms with van der Waals surface area (Å²) >= 11 is 6.98. The predicted octanol–water partition coefficient (Wildman–Crippen LogP) is 1.49. The highest BCUT2D eigenvalue weighted by Gasteiger charge is 2.22. The van der Waals surface area contributed by atoms with E-state index >= 15 is 0 Å². The van der Waals surface area contributed by atoms with Crippen molar-refractivity contribution in [2.45, 2.75) is 18.9 Å². The molecule has 14 heavy (non-hydrogen) atoms. The van der Waals surface area contributed by atoms with Gasteiger partial charge in [0.25, 0.3) is 0 Å². The SMILES string of the molecule is O=C(CNc1csc(Cl)n1)NC1CC1. The largest absolute Gasteiger partial charge is 0.360 e. The van der Waals surface area contributed by atoms with Gasteiger partial charge in [0.2, 0.25) is 5.91 Å². The van der Waals surface area contributed by atoms with Gasteiger partial charge >= 0.3 is 0 Å². The number of aromatic nitrogens is 1. The van der Waals surface area contributed by atoms with Crippen LogP contribution in [0.3, 0.4) is 0 Å². The molecule has 1 aliphatic carbocycles. The van der Waals surface area contributed by atoms with E-state index in [-0.39, 0.29) is 12.5 Å².